The molecule has 17 heavy (non-hydrogen) atoms. The first-order chi connectivity index (χ1) is 8.15. The summed E-state index contributed by atoms with van der Waals surface area (Å²) in [5.74, 6) is 0. The predicted molar refractivity (Wildman–Crippen MR) is 77.3 cm³/mol. The molecule has 0 rings (SSSR count). The zero-order valence-corrected chi connectivity index (χ0v) is 12.0. The van der Waals surface area contributed by atoms with Gasteiger partial charge in [-0.25, -0.2) is 0 Å². The fourth-order valence-corrected chi connectivity index (χ4v) is 1.51. The monoisotopic (exact) mass is 236 g/mol. The third-order valence-electron chi connectivity index (χ3n) is 2.85. The van der Waals surface area contributed by atoms with Crippen LogP contribution in [0.4, 0.5) is 0 Å². The quantitative estimate of drug-likeness (QED) is 0.309. The summed E-state index contributed by atoms with van der Waals surface area (Å²) in [6.45, 7) is 13.4. The Hall–Kier alpha value is -0.820. The molecule has 0 saturated heterocycles. The van der Waals surface area contributed by atoms with E-state index in [9.17, 15) is 0 Å². The summed E-state index contributed by atoms with van der Waals surface area (Å²) in [4.78, 5) is 0. The third kappa shape index (κ3) is 7.98. The lowest BCUT2D eigenvalue weighted by molar-refractivity contribution is 0.0844. The molecule has 0 spiro atoms. The molecule has 1 heteroatoms. The van der Waals surface area contributed by atoms with E-state index in [1.54, 1.807) is 0 Å². The van der Waals surface area contributed by atoms with Gasteiger partial charge in [-0.15, -0.1) is 0 Å². The molecule has 0 saturated carbocycles. The largest absolute Gasteiger partial charge is 0.374 e. The van der Waals surface area contributed by atoms with Gasteiger partial charge in [0.25, 0.3) is 0 Å². The Bertz CT molecular complexity index is 261. The Kier molecular flexibility index (Phi) is 9.84. The van der Waals surface area contributed by atoms with Crippen LogP contribution in [0.1, 0.15) is 53.4 Å². The van der Waals surface area contributed by atoms with Crippen molar-refractivity contribution in [2.75, 3.05) is 6.61 Å². The van der Waals surface area contributed by atoms with E-state index < -0.39 is 0 Å². The van der Waals surface area contributed by atoms with Gasteiger partial charge in [-0.05, 0) is 38.7 Å². The molecule has 0 fully saturated rings. The molecule has 0 aromatic rings. The van der Waals surface area contributed by atoms with E-state index in [-0.39, 0.29) is 6.10 Å². The van der Waals surface area contributed by atoms with Gasteiger partial charge in [0.05, 0.1) is 6.10 Å². The Labute approximate surface area is 107 Å². The number of hydrogen-bond donors (Lipinski definition) is 0. The molecule has 0 heterocycles. The molecule has 0 aromatic carbocycles. The zero-order chi connectivity index (χ0) is 13.1. The second-order valence-corrected chi connectivity index (χ2v) is 4.37. The first kappa shape index (κ1) is 16.2. The summed E-state index contributed by atoms with van der Waals surface area (Å²) < 4.78 is 5.88. The molecular formula is C16H28O. The lowest BCUT2D eigenvalue weighted by Crippen LogP contribution is -2.11. The summed E-state index contributed by atoms with van der Waals surface area (Å²) >= 11 is 0. The van der Waals surface area contributed by atoms with Gasteiger partial charge < -0.3 is 4.74 Å². The van der Waals surface area contributed by atoms with Crippen LogP contribution in [0.2, 0.25) is 0 Å². The minimum absolute atomic E-state index is 0.195. The molecule has 1 nitrogen and oxygen atoms in total. The van der Waals surface area contributed by atoms with Crippen LogP contribution < -0.4 is 0 Å². The average molecular weight is 236 g/mol. The summed E-state index contributed by atoms with van der Waals surface area (Å²) in [5, 5.41) is 0. The van der Waals surface area contributed by atoms with Crippen molar-refractivity contribution in [3.63, 3.8) is 0 Å². The summed E-state index contributed by atoms with van der Waals surface area (Å²) in [7, 11) is 0. The molecule has 0 aromatic heterocycles. The van der Waals surface area contributed by atoms with Crippen molar-refractivity contribution in [2.24, 2.45) is 0 Å². The number of hydrogen-bond acceptors (Lipinski definition) is 1. The normalized spacial score (nSPS) is 14.2. The van der Waals surface area contributed by atoms with E-state index in [0.717, 1.165) is 25.9 Å². The Balaban J connectivity index is 4.39. The molecule has 0 aliphatic heterocycles. The fourth-order valence-electron chi connectivity index (χ4n) is 1.51. The highest BCUT2D eigenvalue weighted by Gasteiger charge is 2.05. The number of unbranched alkanes of at least 4 members (excludes halogenated alkanes) is 1. The zero-order valence-electron chi connectivity index (χ0n) is 12.0. The number of allylic oxidation sites excluding steroid dienone is 3. The SMILES string of the molecule is C=C(CC)/C(C)=C/C(C/C=C\C)OCCCC. The topological polar surface area (TPSA) is 9.23 Å². The van der Waals surface area contributed by atoms with Crippen molar-refractivity contribution in [3.8, 4) is 0 Å². The van der Waals surface area contributed by atoms with Crippen LogP contribution in [-0.4, -0.2) is 12.7 Å². The maximum atomic E-state index is 5.88. The summed E-state index contributed by atoms with van der Waals surface area (Å²) in [6.07, 6.45) is 10.9. The van der Waals surface area contributed by atoms with Gasteiger partial charge in [0.2, 0.25) is 0 Å². The van der Waals surface area contributed by atoms with E-state index in [4.69, 9.17) is 4.74 Å². The molecule has 0 bridgehead atoms. The lowest BCUT2D eigenvalue weighted by Gasteiger charge is -2.14. The van der Waals surface area contributed by atoms with E-state index in [0.29, 0.717) is 0 Å². The maximum Gasteiger partial charge on any atom is 0.0795 e. The van der Waals surface area contributed by atoms with E-state index in [1.807, 2.05) is 6.92 Å². The maximum absolute atomic E-state index is 5.88. The fraction of sp³-hybridized carbons (Fsp3) is 0.625. The minimum atomic E-state index is 0.195. The highest BCUT2D eigenvalue weighted by Crippen LogP contribution is 2.14. The van der Waals surface area contributed by atoms with Crippen molar-refractivity contribution in [2.45, 2.75) is 59.5 Å². The van der Waals surface area contributed by atoms with Crippen molar-refractivity contribution >= 4 is 0 Å². The second kappa shape index (κ2) is 10.3. The molecular weight excluding hydrogens is 208 g/mol. The van der Waals surface area contributed by atoms with Crippen molar-refractivity contribution in [3.05, 3.63) is 36.0 Å². The van der Waals surface area contributed by atoms with Crippen LogP contribution in [0.25, 0.3) is 0 Å². The van der Waals surface area contributed by atoms with Crippen LogP contribution in [0.3, 0.4) is 0 Å². The molecule has 1 unspecified atom stereocenters. The van der Waals surface area contributed by atoms with E-state index in [1.165, 1.54) is 17.6 Å². The highest BCUT2D eigenvalue weighted by atomic mass is 16.5. The minimum Gasteiger partial charge on any atom is -0.374 e. The van der Waals surface area contributed by atoms with E-state index >= 15 is 0 Å². The molecule has 0 radical (unpaired) electrons. The molecule has 0 N–H and O–H groups in total. The average Bonchev–Trinajstić information content (AvgIpc) is 2.34. The van der Waals surface area contributed by atoms with Gasteiger partial charge in [0, 0.05) is 6.61 Å². The predicted octanol–water partition coefficient (Wildman–Crippen LogP) is 5.05. The molecule has 98 valence electrons. The van der Waals surface area contributed by atoms with Crippen LogP contribution >= 0.6 is 0 Å². The molecule has 1 atom stereocenters. The third-order valence-corrected chi connectivity index (χ3v) is 2.85. The van der Waals surface area contributed by atoms with Gasteiger partial charge in [-0.3, -0.25) is 0 Å². The van der Waals surface area contributed by atoms with Gasteiger partial charge in [0.1, 0.15) is 0 Å². The summed E-state index contributed by atoms with van der Waals surface area (Å²) in [6, 6.07) is 0. The van der Waals surface area contributed by atoms with Gasteiger partial charge in [-0.2, -0.15) is 0 Å². The molecule has 0 aliphatic carbocycles. The van der Waals surface area contributed by atoms with E-state index in [2.05, 4.69) is 45.6 Å². The lowest BCUT2D eigenvalue weighted by atomic mass is 10.0. The van der Waals surface area contributed by atoms with Crippen molar-refractivity contribution < 1.29 is 4.74 Å². The first-order valence-electron chi connectivity index (χ1n) is 6.74. The molecule has 0 amide bonds. The first-order valence-corrected chi connectivity index (χ1v) is 6.74. The summed E-state index contributed by atoms with van der Waals surface area (Å²) in [5.41, 5.74) is 2.47. The highest BCUT2D eigenvalue weighted by molar-refractivity contribution is 5.26. The van der Waals surface area contributed by atoms with Crippen LogP contribution in [0.15, 0.2) is 36.0 Å². The van der Waals surface area contributed by atoms with Crippen molar-refractivity contribution in [1.29, 1.82) is 0 Å². The standard InChI is InChI=1S/C16H28O/c1-6-9-11-16(17-12-10-7-2)13-15(5)14(4)8-3/h6,9,13,16H,4,7-8,10-12H2,1-3,5H3/b9-6-,15-13+. The van der Waals surface area contributed by atoms with Gasteiger partial charge in [-0.1, -0.05) is 50.6 Å². The van der Waals surface area contributed by atoms with Crippen LogP contribution in [0, 0.1) is 0 Å². The number of ether oxygens (including phenoxy) is 1. The van der Waals surface area contributed by atoms with Gasteiger partial charge >= 0.3 is 0 Å². The van der Waals surface area contributed by atoms with Crippen molar-refractivity contribution in [1.82, 2.24) is 0 Å². The van der Waals surface area contributed by atoms with Gasteiger partial charge in [0.15, 0.2) is 0 Å². The Morgan fingerprint density at radius 2 is 2.06 bits per heavy atom. The smallest absolute Gasteiger partial charge is 0.0795 e. The number of rotatable bonds is 9. The van der Waals surface area contributed by atoms with Crippen LogP contribution in [-0.2, 0) is 4.74 Å². The molecule has 0 aliphatic rings. The second-order valence-electron chi connectivity index (χ2n) is 4.37. The Morgan fingerprint density at radius 1 is 1.35 bits per heavy atom. The van der Waals surface area contributed by atoms with Crippen LogP contribution in [0.5, 0.6) is 0 Å². The Morgan fingerprint density at radius 3 is 2.59 bits per heavy atom.